The van der Waals surface area contributed by atoms with Crippen molar-refractivity contribution in [3.05, 3.63) is 23.8 Å². The molecule has 0 aliphatic carbocycles. The number of carbonyl (C=O) groups is 1. The summed E-state index contributed by atoms with van der Waals surface area (Å²) in [6, 6.07) is 5.12. The van der Waals surface area contributed by atoms with Gasteiger partial charge in [-0.25, -0.2) is 4.79 Å². The van der Waals surface area contributed by atoms with Crippen LogP contribution in [0, 0.1) is 0 Å². The minimum Gasteiger partial charge on any atom is -0.465 e. The van der Waals surface area contributed by atoms with Gasteiger partial charge in [-0.3, -0.25) is 0 Å². The van der Waals surface area contributed by atoms with Crippen LogP contribution in [0.1, 0.15) is 30.6 Å². The van der Waals surface area contributed by atoms with Gasteiger partial charge in [0.25, 0.3) is 0 Å². The average molecular weight is 279 g/mol. The summed E-state index contributed by atoms with van der Waals surface area (Å²) < 4.78 is 4.71. The SMILES string of the molecule is CCCN(CC)CCNc1cc(C(=O)OC)ccc1N. The highest BCUT2D eigenvalue weighted by Gasteiger charge is 2.08. The number of methoxy groups -OCH3 is 1. The van der Waals surface area contributed by atoms with Crippen LogP contribution < -0.4 is 11.1 Å². The van der Waals surface area contributed by atoms with E-state index < -0.39 is 0 Å². The number of hydrogen-bond donors (Lipinski definition) is 2. The number of carbonyl (C=O) groups excluding carboxylic acids is 1. The number of rotatable bonds is 8. The molecule has 5 nitrogen and oxygen atoms in total. The number of likely N-dealkylation sites (N-methyl/N-ethyl adjacent to an activating group) is 1. The van der Waals surface area contributed by atoms with Crippen molar-refractivity contribution in [2.45, 2.75) is 20.3 Å². The third-order valence-corrected chi connectivity index (χ3v) is 3.20. The number of nitrogen functional groups attached to an aromatic ring is 1. The summed E-state index contributed by atoms with van der Waals surface area (Å²) in [6.45, 7) is 8.20. The van der Waals surface area contributed by atoms with Gasteiger partial charge in [-0.1, -0.05) is 13.8 Å². The van der Waals surface area contributed by atoms with E-state index in [0.717, 1.165) is 38.3 Å². The predicted octanol–water partition coefficient (Wildman–Crippen LogP) is 2.20. The molecule has 0 spiro atoms. The summed E-state index contributed by atoms with van der Waals surface area (Å²) in [5.74, 6) is -0.353. The first kappa shape index (κ1) is 16.3. The number of esters is 1. The van der Waals surface area contributed by atoms with E-state index in [4.69, 9.17) is 10.5 Å². The lowest BCUT2D eigenvalue weighted by molar-refractivity contribution is 0.0601. The lowest BCUT2D eigenvalue weighted by Crippen LogP contribution is -2.29. The lowest BCUT2D eigenvalue weighted by atomic mass is 10.1. The first-order chi connectivity index (χ1) is 9.62. The first-order valence-electron chi connectivity index (χ1n) is 7.06. The Bertz CT molecular complexity index is 435. The van der Waals surface area contributed by atoms with E-state index in [1.54, 1.807) is 18.2 Å². The van der Waals surface area contributed by atoms with Crippen LogP contribution in [-0.4, -0.2) is 44.2 Å². The molecule has 0 saturated heterocycles. The third kappa shape index (κ3) is 4.74. The molecule has 3 N–H and O–H groups in total. The number of ether oxygens (including phenoxy) is 1. The van der Waals surface area contributed by atoms with Gasteiger partial charge in [-0.05, 0) is 37.7 Å². The molecule has 0 amide bonds. The van der Waals surface area contributed by atoms with E-state index in [0.29, 0.717) is 11.3 Å². The summed E-state index contributed by atoms with van der Waals surface area (Å²) in [7, 11) is 1.37. The van der Waals surface area contributed by atoms with Crippen LogP contribution in [0.15, 0.2) is 18.2 Å². The highest BCUT2D eigenvalue weighted by Crippen LogP contribution is 2.20. The second-order valence-electron chi connectivity index (χ2n) is 4.65. The fourth-order valence-electron chi connectivity index (χ4n) is 2.05. The fraction of sp³-hybridized carbons (Fsp3) is 0.533. The minimum absolute atomic E-state index is 0.353. The molecule has 0 aromatic heterocycles. The molecule has 1 aromatic carbocycles. The molecule has 1 rings (SSSR count). The van der Waals surface area contributed by atoms with Crippen molar-refractivity contribution in [2.24, 2.45) is 0 Å². The lowest BCUT2D eigenvalue weighted by Gasteiger charge is -2.20. The monoisotopic (exact) mass is 279 g/mol. The maximum atomic E-state index is 11.5. The van der Waals surface area contributed by atoms with Crippen molar-refractivity contribution < 1.29 is 9.53 Å². The summed E-state index contributed by atoms with van der Waals surface area (Å²) in [4.78, 5) is 13.9. The summed E-state index contributed by atoms with van der Waals surface area (Å²) in [6.07, 6.45) is 1.15. The molecule has 112 valence electrons. The molecule has 20 heavy (non-hydrogen) atoms. The molecule has 0 bridgehead atoms. The Kier molecular flexibility index (Phi) is 6.87. The second-order valence-corrected chi connectivity index (χ2v) is 4.65. The zero-order valence-corrected chi connectivity index (χ0v) is 12.6. The molecule has 0 aliphatic heterocycles. The van der Waals surface area contributed by atoms with Crippen LogP contribution >= 0.6 is 0 Å². The summed E-state index contributed by atoms with van der Waals surface area (Å²) >= 11 is 0. The Morgan fingerprint density at radius 2 is 2.10 bits per heavy atom. The maximum absolute atomic E-state index is 11.5. The van der Waals surface area contributed by atoms with E-state index in [1.165, 1.54) is 7.11 Å². The summed E-state index contributed by atoms with van der Waals surface area (Å²) in [5.41, 5.74) is 7.83. The van der Waals surface area contributed by atoms with Crippen LogP contribution in [0.2, 0.25) is 0 Å². The van der Waals surface area contributed by atoms with E-state index in [2.05, 4.69) is 24.1 Å². The molecule has 1 aromatic rings. The second kappa shape index (κ2) is 8.43. The van der Waals surface area contributed by atoms with Crippen LogP contribution in [0.5, 0.6) is 0 Å². The van der Waals surface area contributed by atoms with Crippen molar-refractivity contribution in [2.75, 3.05) is 44.3 Å². The molecular weight excluding hydrogens is 254 g/mol. The van der Waals surface area contributed by atoms with Gasteiger partial charge in [0.15, 0.2) is 0 Å². The fourth-order valence-corrected chi connectivity index (χ4v) is 2.05. The molecule has 0 radical (unpaired) electrons. The van der Waals surface area contributed by atoms with Gasteiger partial charge in [0, 0.05) is 13.1 Å². The Balaban J connectivity index is 2.60. The Morgan fingerprint density at radius 1 is 1.35 bits per heavy atom. The van der Waals surface area contributed by atoms with Gasteiger partial charge in [-0.15, -0.1) is 0 Å². The molecular formula is C15H25N3O2. The number of benzene rings is 1. The molecule has 5 heteroatoms. The third-order valence-electron chi connectivity index (χ3n) is 3.20. The van der Waals surface area contributed by atoms with Crippen molar-refractivity contribution in [1.82, 2.24) is 4.90 Å². The highest BCUT2D eigenvalue weighted by atomic mass is 16.5. The largest absolute Gasteiger partial charge is 0.465 e. The van der Waals surface area contributed by atoms with Gasteiger partial charge in [0.2, 0.25) is 0 Å². The summed E-state index contributed by atoms with van der Waals surface area (Å²) in [5, 5.41) is 3.28. The van der Waals surface area contributed by atoms with E-state index in [-0.39, 0.29) is 5.97 Å². The molecule has 0 heterocycles. The Morgan fingerprint density at radius 3 is 2.70 bits per heavy atom. The van der Waals surface area contributed by atoms with Gasteiger partial charge >= 0.3 is 5.97 Å². The molecule has 0 unspecified atom stereocenters. The maximum Gasteiger partial charge on any atom is 0.337 e. The average Bonchev–Trinajstić information content (AvgIpc) is 2.47. The molecule has 0 saturated carbocycles. The van der Waals surface area contributed by atoms with Crippen molar-refractivity contribution in [1.29, 1.82) is 0 Å². The molecule has 0 fully saturated rings. The van der Waals surface area contributed by atoms with E-state index >= 15 is 0 Å². The topological polar surface area (TPSA) is 67.6 Å². The normalized spacial score (nSPS) is 10.6. The first-order valence-corrected chi connectivity index (χ1v) is 7.06. The highest BCUT2D eigenvalue weighted by molar-refractivity contribution is 5.91. The molecule has 0 aliphatic rings. The van der Waals surface area contributed by atoms with Crippen LogP contribution in [-0.2, 0) is 4.74 Å². The predicted molar refractivity (Wildman–Crippen MR) is 83.1 cm³/mol. The standard InChI is InChI=1S/C15H25N3O2/c1-4-9-18(5-2)10-8-17-14-11-12(15(19)20-3)6-7-13(14)16/h6-7,11,17H,4-5,8-10,16H2,1-3H3. The van der Waals surface area contributed by atoms with Gasteiger partial charge in [0.05, 0.1) is 24.0 Å². The van der Waals surface area contributed by atoms with Gasteiger partial charge in [-0.2, -0.15) is 0 Å². The number of nitrogens with one attached hydrogen (secondary N) is 1. The van der Waals surface area contributed by atoms with E-state index in [1.807, 2.05) is 0 Å². The zero-order chi connectivity index (χ0) is 15.0. The van der Waals surface area contributed by atoms with Crippen molar-refractivity contribution >= 4 is 17.3 Å². The van der Waals surface area contributed by atoms with Crippen molar-refractivity contribution in [3.63, 3.8) is 0 Å². The van der Waals surface area contributed by atoms with Crippen LogP contribution in [0.25, 0.3) is 0 Å². The van der Waals surface area contributed by atoms with Crippen LogP contribution in [0.4, 0.5) is 11.4 Å². The minimum atomic E-state index is -0.353. The van der Waals surface area contributed by atoms with E-state index in [9.17, 15) is 4.79 Å². The number of nitrogens with zero attached hydrogens (tertiary/aromatic N) is 1. The number of nitrogens with two attached hydrogens (primary N) is 1. The Hall–Kier alpha value is -1.75. The molecule has 0 atom stereocenters. The smallest absolute Gasteiger partial charge is 0.337 e. The van der Waals surface area contributed by atoms with Gasteiger partial charge < -0.3 is 20.7 Å². The van der Waals surface area contributed by atoms with Gasteiger partial charge in [0.1, 0.15) is 0 Å². The quantitative estimate of drug-likeness (QED) is 0.564. The van der Waals surface area contributed by atoms with Crippen molar-refractivity contribution in [3.8, 4) is 0 Å². The zero-order valence-electron chi connectivity index (χ0n) is 12.6. The number of hydrogen-bond acceptors (Lipinski definition) is 5. The van der Waals surface area contributed by atoms with Crippen LogP contribution in [0.3, 0.4) is 0 Å². The number of anilines is 2. The Labute approximate surface area is 121 Å².